The minimum Gasteiger partial charge on any atom is -0.396 e. The largest absolute Gasteiger partial charge is 0.416 e. The van der Waals surface area contributed by atoms with Crippen molar-refractivity contribution in [1.82, 2.24) is 9.55 Å². The second-order valence-electron chi connectivity index (χ2n) is 4.39. The zero-order valence-electron chi connectivity index (χ0n) is 10.9. The molecule has 0 aliphatic heterocycles. The molecule has 7 heteroatoms. The highest BCUT2D eigenvalue weighted by Crippen LogP contribution is 2.31. The summed E-state index contributed by atoms with van der Waals surface area (Å²) in [5.41, 5.74) is 0.170. The molecule has 0 bridgehead atoms. The number of alkyl halides is 3. The van der Waals surface area contributed by atoms with Gasteiger partial charge in [0.05, 0.1) is 16.6 Å². The van der Waals surface area contributed by atoms with Gasteiger partial charge >= 0.3 is 6.18 Å². The number of nitrogens with zero attached hydrogens (tertiary/aromatic N) is 2. The number of aryl methyl sites for hydroxylation is 1. The van der Waals surface area contributed by atoms with E-state index in [1.54, 1.807) is 4.57 Å². The molecular weight excluding hydrogens is 273 g/mol. The van der Waals surface area contributed by atoms with Crippen LogP contribution in [-0.2, 0) is 24.1 Å². The van der Waals surface area contributed by atoms with Gasteiger partial charge in [0, 0.05) is 20.3 Å². The molecule has 4 nitrogen and oxygen atoms in total. The van der Waals surface area contributed by atoms with Crippen LogP contribution < -0.4 is 0 Å². The highest BCUT2D eigenvalue weighted by atomic mass is 19.4. The van der Waals surface area contributed by atoms with Gasteiger partial charge in [-0.25, -0.2) is 4.98 Å². The van der Waals surface area contributed by atoms with Crippen molar-refractivity contribution in [3.8, 4) is 0 Å². The number of benzene rings is 1. The van der Waals surface area contributed by atoms with Gasteiger partial charge in [0.25, 0.3) is 0 Å². The van der Waals surface area contributed by atoms with Crippen LogP contribution in [-0.4, -0.2) is 28.4 Å². The molecular formula is C13H15F3N2O2. The molecule has 0 atom stereocenters. The van der Waals surface area contributed by atoms with Crippen LogP contribution in [0.2, 0.25) is 0 Å². The number of hydrogen-bond acceptors (Lipinski definition) is 3. The Morgan fingerprint density at radius 3 is 2.70 bits per heavy atom. The maximum absolute atomic E-state index is 12.7. The van der Waals surface area contributed by atoms with Gasteiger partial charge < -0.3 is 14.4 Å². The van der Waals surface area contributed by atoms with E-state index < -0.39 is 11.7 Å². The van der Waals surface area contributed by atoms with Gasteiger partial charge in [0.2, 0.25) is 0 Å². The standard InChI is InChI=1S/C13H15F3N2O2/c1-20-8-12-17-10-7-9(13(14,15)16)3-4-11(10)18(12)5-2-6-19/h3-4,7,19H,2,5-6,8H2,1H3. The molecule has 2 rings (SSSR count). The number of halogens is 3. The Kier molecular flexibility index (Phi) is 4.29. The number of rotatable bonds is 5. The molecule has 0 aliphatic carbocycles. The van der Waals surface area contributed by atoms with Crippen LogP contribution >= 0.6 is 0 Å². The van der Waals surface area contributed by atoms with Crippen molar-refractivity contribution >= 4 is 11.0 Å². The van der Waals surface area contributed by atoms with Crippen molar-refractivity contribution in [2.45, 2.75) is 25.7 Å². The average molecular weight is 288 g/mol. The quantitative estimate of drug-likeness (QED) is 0.920. The Hall–Kier alpha value is -1.60. The first-order valence-electron chi connectivity index (χ1n) is 6.13. The van der Waals surface area contributed by atoms with E-state index >= 15 is 0 Å². The molecule has 0 fully saturated rings. The molecule has 0 unspecified atom stereocenters. The number of imidazole rings is 1. The minimum absolute atomic E-state index is 0.00668. The summed E-state index contributed by atoms with van der Waals surface area (Å²) in [5.74, 6) is 0.551. The van der Waals surface area contributed by atoms with E-state index in [9.17, 15) is 13.2 Å². The van der Waals surface area contributed by atoms with Crippen LogP contribution in [0, 0.1) is 0 Å². The Labute approximate surface area is 113 Å². The zero-order valence-corrected chi connectivity index (χ0v) is 10.9. The molecule has 1 N–H and O–H groups in total. The lowest BCUT2D eigenvalue weighted by molar-refractivity contribution is -0.137. The molecule has 2 aromatic rings. The molecule has 1 aromatic carbocycles. The molecule has 0 radical (unpaired) electrons. The molecule has 0 aliphatic rings. The van der Waals surface area contributed by atoms with Crippen LogP contribution in [0.5, 0.6) is 0 Å². The van der Waals surface area contributed by atoms with Crippen molar-refractivity contribution < 1.29 is 23.0 Å². The smallest absolute Gasteiger partial charge is 0.396 e. The number of aliphatic hydroxyl groups excluding tert-OH is 1. The Morgan fingerprint density at radius 1 is 1.35 bits per heavy atom. The molecule has 1 heterocycles. The topological polar surface area (TPSA) is 47.3 Å². The number of hydrogen-bond donors (Lipinski definition) is 1. The van der Waals surface area contributed by atoms with Gasteiger partial charge in [-0.3, -0.25) is 0 Å². The number of methoxy groups -OCH3 is 1. The summed E-state index contributed by atoms with van der Waals surface area (Å²) < 4.78 is 44.8. The third-order valence-corrected chi connectivity index (χ3v) is 2.97. The van der Waals surface area contributed by atoms with Crippen LogP contribution in [0.25, 0.3) is 11.0 Å². The SMILES string of the molecule is COCc1nc2cc(C(F)(F)F)ccc2n1CCCO. The Bertz CT molecular complexity index is 593. The highest BCUT2D eigenvalue weighted by Gasteiger charge is 2.31. The van der Waals surface area contributed by atoms with Gasteiger partial charge in [-0.1, -0.05) is 0 Å². The summed E-state index contributed by atoms with van der Waals surface area (Å²) in [6, 6.07) is 3.47. The minimum atomic E-state index is -4.38. The average Bonchev–Trinajstić information content (AvgIpc) is 2.72. The van der Waals surface area contributed by atoms with Crippen molar-refractivity contribution in [2.24, 2.45) is 0 Å². The first kappa shape index (κ1) is 14.8. The Balaban J connectivity index is 2.49. The fourth-order valence-corrected chi connectivity index (χ4v) is 2.07. The first-order chi connectivity index (χ1) is 9.47. The maximum atomic E-state index is 12.7. The summed E-state index contributed by atoms with van der Waals surface area (Å²) in [6.45, 7) is 0.700. The van der Waals surface area contributed by atoms with Gasteiger partial charge in [0.15, 0.2) is 0 Å². The predicted molar refractivity (Wildman–Crippen MR) is 67.2 cm³/mol. The summed E-state index contributed by atoms with van der Waals surface area (Å²) in [4.78, 5) is 4.19. The lowest BCUT2D eigenvalue weighted by Crippen LogP contribution is -2.06. The zero-order chi connectivity index (χ0) is 14.8. The third-order valence-electron chi connectivity index (χ3n) is 2.97. The molecule has 0 saturated carbocycles. The second-order valence-corrected chi connectivity index (χ2v) is 4.39. The summed E-state index contributed by atoms with van der Waals surface area (Å²) in [7, 11) is 1.50. The Morgan fingerprint density at radius 2 is 2.10 bits per heavy atom. The van der Waals surface area contributed by atoms with Crippen molar-refractivity contribution in [1.29, 1.82) is 0 Å². The monoisotopic (exact) mass is 288 g/mol. The van der Waals surface area contributed by atoms with Crippen LogP contribution in [0.1, 0.15) is 17.8 Å². The number of ether oxygens (including phenoxy) is 1. The van der Waals surface area contributed by atoms with E-state index in [4.69, 9.17) is 9.84 Å². The number of aliphatic hydroxyl groups is 1. The van der Waals surface area contributed by atoms with E-state index in [-0.39, 0.29) is 18.7 Å². The van der Waals surface area contributed by atoms with Crippen molar-refractivity contribution in [3.05, 3.63) is 29.6 Å². The number of fused-ring (bicyclic) bond motifs is 1. The predicted octanol–water partition coefficient (Wildman–Crippen LogP) is 2.58. The third kappa shape index (κ3) is 2.94. The van der Waals surface area contributed by atoms with E-state index in [0.717, 1.165) is 12.1 Å². The van der Waals surface area contributed by atoms with E-state index in [1.807, 2.05) is 0 Å². The molecule has 0 spiro atoms. The fourth-order valence-electron chi connectivity index (χ4n) is 2.07. The maximum Gasteiger partial charge on any atom is 0.416 e. The normalized spacial score (nSPS) is 12.2. The summed E-state index contributed by atoms with van der Waals surface area (Å²) in [6.07, 6.45) is -3.88. The molecule has 0 saturated heterocycles. The van der Waals surface area contributed by atoms with E-state index in [0.29, 0.717) is 24.3 Å². The van der Waals surface area contributed by atoms with Gasteiger partial charge in [0.1, 0.15) is 12.4 Å². The van der Waals surface area contributed by atoms with E-state index in [2.05, 4.69) is 4.98 Å². The van der Waals surface area contributed by atoms with E-state index in [1.165, 1.54) is 13.2 Å². The summed E-state index contributed by atoms with van der Waals surface area (Å²) in [5, 5.41) is 8.89. The van der Waals surface area contributed by atoms with Gasteiger partial charge in [-0.15, -0.1) is 0 Å². The van der Waals surface area contributed by atoms with Crippen molar-refractivity contribution in [2.75, 3.05) is 13.7 Å². The lowest BCUT2D eigenvalue weighted by Gasteiger charge is -2.08. The second kappa shape index (κ2) is 5.80. The molecule has 20 heavy (non-hydrogen) atoms. The fraction of sp³-hybridized carbons (Fsp3) is 0.462. The highest BCUT2D eigenvalue weighted by molar-refractivity contribution is 5.77. The molecule has 110 valence electrons. The molecule has 1 aromatic heterocycles. The summed E-state index contributed by atoms with van der Waals surface area (Å²) >= 11 is 0. The van der Waals surface area contributed by atoms with Crippen LogP contribution in [0.15, 0.2) is 18.2 Å². The van der Waals surface area contributed by atoms with Crippen molar-refractivity contribution in [3.63, 3.8) is 0 Å². The molecule has 0 amide bonds. The van der Waals surface area contributed by atoms with Gasteiger partial charge in [-0.05, 0) is 24.6 Å². The number of aromatic nitrogens is 2. The lowest BCUT2D eigenvalue weighted by atomic mass is 10.2. The first-order valence-corrected chi connectivity index (χ1v) is 6.13. The van der Waals surface area contributed by atoms with Crippen LogP contribution in [0.3, 0.4) is 0 Å². The van der Waals surface area contributed by atoms with Gasteiger partial charge in [-0.2, -0.15) is 13.2 Å². The van der Waals surface area contributed by atoms with Crippen LogP contribution in [0.4, 0.5) is 13.2 Å².